The Balaban J connectivity index is 1.77. The Morgan fingerprint density at radius 1 is 1.43 bits per heavy atom. The van der Waals surface area contributed by atoms with Gasteiger partial charge in [0, 0.05) is 11.0 Å². The summed E-state index contributed by atoms with van der Waals surface area (Å²) in [6.45, 7) is 1.31. The van der Waals surface area contributed by atoms with Crippen molar-refractivity contribution in [3.63, 3.8) is 0 Å². The number of para-hydroxylation sites is 1. The third kappa shape index (κ3) is 2.98. The minimum absolute atomic E-state index is 0.404. The van der Waals surface area contributed by atoms with Crippen molar-refractivity contribution in [3.05, 3.63) is 40.6 Å². The van der Waals surface area contributed by atoms with Crippen LogP contribution in [0.15, 0.2) is 34.9 Å². The summed E-state index contributed by atoms with van der Waals surface area (Å²) in [7, 11) is 0. The zero-order chi connectivity index (χ0) is 14.8. The number of aromatic nitrogens is 3. The van der Waals surface area contributed by atoms with Gasteiger partial charge in [-0.1, -0.05) is 17.3 Å². The first-order chi connectivity index (χ1) is 10.1. The van der Waals surface area contributed by atoms with Crippen molar-refractivity contribution in [2.45, 2.75) is 25.4 Å². The van der Waals surface area contributed by atoms with Gasteiger partial charge >= 0.3 is 5.97 Å². The van der Waals surface area contributed by atoms with Gasteiger partial charge in [0.15, 0.2) is 0 Å². The second-order valence-corrected chi connectivity index (χ2v) is 5.93. The first-order valence-corrected chi connectivity index (χ1v) is 7.57. The maximum Gasteiger partial charge on any atom is 0.320 e. The minimum Gasteiger partial charge on any atom is -0.480 e. The molecule has 7 heteroatoms. The molecule has 0 unspecified atom stereocenters. The quantitative estimate of drug-likeness (QED) is 0.913. The van der Waals surface area contributed by atoms with E-state index < -0.39 is 12.0 Å². The minimum atomic E-state index is -0.759. The highest BCUT2D eigenvalue weighted by Gasteiger charge is 2.30. The third-order valence-corrected chi connectivity index (χ3v) is 4.32. The Hall–Kier alpha value is -1.73. The average molecular weight is 351 g/mol. The molecule has 1 aromatic carbocycles. The predicted molar refractivity (Wildman–Crippen MR) is 80.1 cm³/mol. The van der Waals surface area contributed by atoms with Crippen LogP contribution in [-0.4, -0.2) is 43.6 Å². The van der Waals surface area contributed by atoms with Crippen molar-refractivity contribution in [1.82, 2.24) is 19.9 Å². The number of benzene rings is 1. The Kier molecular flexibility index (Phi) is 4.03. The zero-order valence-corrected chi connectivity index (χ0v) is 12.9. The van der Waals surface area contributed by atoms with Gasteiger partial charge in [-0.2, -0.15) is 0 Å². The van der Waals surface area contributed by atoms with Gasteiger partial charge in [0.05, 0.1) is 17.6 Å². The Bertz CT molecular complexity index is 658. The van der Waals surface area contributed by atoms with E-state index in [1.54, 1.807) is 4.68 Å². The second kappa shape index (κ2) is 5.95. The van der Waals surface area contributed by atoms with Gasteiger partial charge in [0.1, 0.15) is 6.04 Å². The van der Waals surface area contributed by atoms with Gasteiger partial charge in [-0.3, -0.25) is 9.69 Å². The van der Waals surface area contributed by atoms with Gasteiger partial charge in [0.25, 0.3) is 0 Å². The normalized spacial score (nSPS) is 19.0. The van der Waals surface area contributed by atoms with Crippen molar-refractivity contribution >= 4 is 21.9 Å². The molecule has 0 radical (unpaired) electrons. The molecule has 1 aliphatic rings. The van der Waals surface area contributed by atoms with Crippen LogP contribution in [0.2, 0.25) is 0 Å². The summed E-state index contributed by atoms with van der Waals surface area (Å²) in [6.07, 6.45) is 3.46. The fourth-order valence-corrected chi connectivity index (χ4v) is 3.10. The number of aliphatic carboxylic acids is 1. The van der Waals surface area contributed by atoms with Crippen LogP contribution < -0.4 is 0 Å². The smallest absolute Gasteiger partial charge is 0.320 e. The molecular formula is C14H15BrN4O2. The van der Waals surface area contributed by atoms with Gasteiger partial charge in [-0.25, -0.2) is 4.68 Å². The first kappa shape index (κ1) is 14.2. The van der Waals surface area contributed by atoms with Crippen molar-refractivity contribution in [2.24, 2.45) is 0 Å². The van der Waals surface area contributed by atoms with Crippen LogP contribution in [0.5, 0.6) is 0 Å². The van der Waals surface area contributed by atoms with E-state index in [0.29, 0.717) is 13.0 Å². The number of carboxylic acid groups (broad SMARTS) is 1. The molecule has 2 aromatic rings. The van der Waals surface area contributed by atoms with E-state index in [9.17, 15) is 9.90 Å². The predicted octanol–water partition coefficient (Wildman–Crippen LogP) is 2.08. The number of likely N-dealkylation sites (tertiary alicyclic amines) is 1. The monoisotopic (exact) mass is 350 g/mol. The molecule has 3 rings (SSSR count). The van der Waals surface area contributed by atoms with Crippen LogP contribution in [0.4, 0.5) is 0 Å². The Morgan fingerprint density at radius 2 is 2.24 bits per heavy atom. The lowest BCUT2D eigenvalue weighted by Gasteiger charge is -2.19. The van der Waals surface area contributed by atoms with Gasteiger partial charge in [0.2, 0.25) is 0 Å². The van der Waals surface area contributed by atoms with Gasteiger partial charge in [-0.15, -0.1) is 5.10 Å². The van der Waals surface area contributed by atoms with E-state index in [0.717, 1.165) is 28.8 Å². The molecule has 1 fully saturated rings. The molecule has 2 heterocycles. The molecule has 0 saturated carbocycles. The molecule has 1 saturated heterocycles. The number of carboxylic acids is 1. The number of carbonyl (C=O) groups is 1. The van der Waals surface area contributed by atoms with Crippen LogP contribution in [0, 0.1) is 0 Å². The van der Waals surface area contributed by atoms with Crippen LogP contribution in [0.3, 0.4) is 0 Å². The number of halogens is 1. The molecule has 0 amide bonds. The number of hydrogen-bond acceptors (Lipinski definition) is 4. The molecule has 0 spiro atoms. The molecule has 110 valence electrons. The fourth-order valence-electron chi connectivity index (χ4n) is 2.63. The summed E-state index contributed by atoms with van der Waals surface area (Å²) in [5, 5.41) is 17.5. The summed E-state index contributed by atoms with van der Waals surface area (Å²) in [5.41, 5.74) is 1.69. The molecular weight excluding hydrogens is 336 g/mol. The molecule has 0 bridgehead atoms. The Labute approximate surface area is 130 Å². The lowest BCUT2D eigenvalue weighted by molar-refractivity contribution is -0.142. The van der Waals surface area contributed by atoms with Crippen molar-refractivity contribution in [2.75, 3.05) is 6.54 Å². The highest BCUT2D eigenvalue weighted by Crippen LogP contribution is 2.22. The summed E-state index contributed by atoms with van der Waals surface area (Å²) in [6, 6.07) is 7.35. The lowest BCUT2D eigenvalue weighted by atomic mass is 10.2. The summed E-state index contributed by atoms with van der Waals surface area (Å²) < 4.78 is 2.64. The SMILES string of the molecule is O=C(O)[C@@H]1CCCN1Cc1cn(-c2ccccc2Br)nn1. The van der Waals surface area contributed by atoms with Crippen molar-refractivity contribution < 1.29 is 9.90 Å². The Morgan fingerprint density at radius 3 is 3.00 bits per heavy atom. The molecule has 0 aliphatic carbocycles. The van der Waals surface area contributed by atoms with E-state index in [1.165, 1.54) is 0 Å². The van der Waals surface area contributed by atoms with E-state index in [4.69, 9.17) is 0 Å². The molecule has 21 heavy (non-hydrogen) atoms. The van der Waals surface area contributed by atoms with E-state index in [-0.39, 0.29) is 0 Å². The summed E-state index contributed by atoms with van der Waals surface area (Å²) in [4.78, 5) is 13.1. The van der Waals surface area contributed by atoms with Gasteiger partial charge < -0.3 is 5.11 Å². The maximum atomic E-state index is 11.2. The van der Waals surface area contributed by atoms with E-state index >= 15 is 0 Å². The molecule has 1 aromatic heterocycles. The molecule has 1 N–H and O–H groups in total. The highest BCUT2D eigenvalue weighted by molar-refractivity contribution is 9.10. The summed E-state index contributed by atoms with van der Waals surface area (Å²) >= 11 is 3.48. The zero-order valence-electron chi connectivity index (χ0n) is 11.3. The highest BCUT2D eigenvalue weighted by atomic mass is 79.9. The topological polar surface area (TPSA) is 71.2 Å². The van der Waals surface area contributed by atoms with Gasteiger partial charge in [-0.05, 0) is 47.4 Å². The average Bonchev–Trinajstić information content (AvgIpc) is 3.09. The number of nitrogens with zero attached hydrogens (tertiary/aromatic N) is 4. The standard InChI is InChI=1S/C14H15BrN4O2/c15-11-4-1-2-5-12(11)19-9-10(16-17-19)8-18-7-3-6-13(18)14(20)21/h1-2,4-5,9,13H,3,6-8H2,(H,20,21)/t13-/m0/s1. The number of rotatable bonds is 4. The van der Waals surface area contributed by atoms with Crippen molar-refractivity contribution in [3.8, 4) is 5.69 Å². The van der Waals surface area contributed by atoms with Crippen LogP contribution in [0.1, 0.15) is 18.5 Å². The number of hydrogen-bond donors (Lipinski definition) is 1. The maximum absolute atomic E-state index is 11.2. The fraction of sp³-hybridized carbons (Fsp3) is 0.357. The van der Waals surface area contributed by atoms with Crippen molar-refractivity contribution in [1.29, 1.82) is 0 Å². The lowest BCUT2D eigenvalue weighted by Crippen LogP contribution is -2.35. The summed E-state index contributed by atoms with van der Waals surface area (Å²) in [5.74, 6) is -0.759. The van der Waals surface area contributed by atoms with E-state index in [1.807, 2.05) is 35.4 Å². The third-order valence-electron chi connectivity index (χ3n) is 3.65. The second-order valence-electron chi connectivity index (χ2n) is 5.07. The largest absolute Gasteiger partial charge is 0.480 e. The van der Waals surface area contributed by atoms with Crippen LogP contribution in [-0.2, 0) is 11.3 Å². The van der Waals surface area contributed by atoms with Crippen LogP contribution >= 0.6 is 15.9 Å². The van der Waals surface area contributed by atoms with E-state index in [2.05, 4.69) is 26.2 Å². The molecule has 1 aliphatic heterocycles. The van der Waals surface area contributed by atoms with Crippen LogP contribution in [0.25, 0.3) is 5.69 Å². The molecule has 1 atom stereocenters. The first-order valence-electron chi connectivity index (χ1n) is 6.78. The molecule has 6 nitrogen and oxygen atoms in total.